The maximum absolute atomic E-state index is 14.2. The third-order valence-electron chi connectivity index (χ3n) is 7.52. The van der Waals surface area contributed by atoms with Crippen LogP contribution in [0, 0.1) is 11.6 Å². The molecule has 0 radical (unpaired) electrons. The summed E-state index contributed by atoms with van der Waals surface area (Å²) in [4.78, 5) is 24.4. The number of ether oxygens (including phenoxy) is 1. The van der Waals surface area contributed by atoms with Gasteiger partial charge < -0.3 is 20.3 Å². The van der Waals surface area contributed by atoms with Crippen LogP contribution < -0.4 is 15.5 Å². The van der Waals surface area contributed by atoms with Gasteiger partial charge in [-0.2, -0.15) is 5.10 Å². The summed E-state index contributed by atoms with van der Waals surface area (Å²) >= 11 is 0. The molecule has 0 aliphatic carbocycles. The molecule has 4 heterocycles. The van der Waals surface area contributed by atoms with Crippen molar-refractivity contribution >= 4 is 34.4 Å². The Kier molecular flexibility index (Phi) is 7.58. The Morgan fingerprint density at radius 2 is 1.71 bits per heavy atom. The van der Waals surface area contributed by atoms with Crippen LogP contribution in [0.2, 0.25) is 0 Å². The van der Waals surface area contributed by atoms with E-state index in [4.69, 9.17) is 14.8 Å². The van der Waals surface area contributed by atoms with E-state index in [1.807, 2.05) is 48.7 Å². The Bertz CT molecular complexity index is 2010. The molecular formula is C34H27F2N7O2. The SMILES string of the molecule is O=C(Nc1cccc(-c2nn3ccccc3c2-c2ccnc(Nc3ccc(N4CCOCC4)cc3)n2)c1)c1cc(F)ccc1F. The number of anilines is 4. The molecule has 7 rings (SSSR count). The fourth-order valence-electron chi connectivity index (χ4n) is 5.33. The highest BCUT2D eigenvalue weighted by Crippen LogP contribution is 2.35. The van der Waals surface area contributed by atoms with Crippen molar-refractivity contribution in [2.24, 2.45) is 0 Å². The van der Waals surface area contributed by atoms with Crippen LogP contribution in [-0.4, -0.2) is 51.8 Å². The molecule has 2 N–H and O–H groups in total. The second-order valence-corrected chi connectivity index (χ2v) is 10.4. The second-order valence-electron chi connectivity index (χ2n) is 10.4. The minimum Gasteiger partial charge on any atom is -0.378 e. The fourth-order valence-corrected chi connectivity index (χ4v) is 5.33. The average molecular weight is 604 g/mol. The quantitative estimate of drug-likeness (QED) is 0.213. The number of halogens is 2. The van der Waals surface area contributed by atoms with E-state index in [1.165, 1.54) is 0 Å². The highest BCUT2D eigenvalue weighted by Gasteiger charge is 2.20. The zero-order chi connectivity index (χ0) is 30.8. The van der Waals surface area contributed by atoms with E-state index in [2.05, 4.69) is 32.7 Å². The Balaban J connectivity index is 1.19. The number of hydrogen-bond donors (Lipinski definition) is 2. The van der Waals surface area contributed by atoms with Gasteiger partial charge in [-0.15, -0.1) is 0 Å². The molecule has 1 saturated heterocycles. The Morgan fingerprint density at radius 3 is 2.56 bits per heavy atom. The van der Waals surface area contributed by atoms with Gasteiger partial charge in [-0.25, -0.2) is 23.3 Å². The monoisotopic (exact) mass is 603 g/mol. The van der Waals surface area contributed by atoms with Gasteiger partial charge in [-0.05, 0) is 72.8 Å². The predicted octanol–water partition coefficient (Wildman–Crippen LogP) is 6.57. The molecule has 224 valence electrons. The summed E-state index contributed by atoms with van der Waals surface area (Å²) in [5, 5.41) is 10.8. The van der Waals surface area contributed by atoms with E-state index in [0.717, 1.165) is 67.0 Å². The molecule has 1 aliphatic rings. The van der Waals surface area contributed by atoms with Crippen LogP contribution in [0.5, 0.6) is 0 Å². The van der Waals surface area contributed by atoms with Crippen LogP contribution in [0.25, 0.3) is 28.0 Å². The predicted molar refractivity (Wildman–Crippen MR) is 169 cm³/mol. The second kappa shape index (κ2) is 12.1. The number of carbonyl (C=O) groups is 1. The lowest BCUT2D eigenvalue weighted by Crippen LogP contribution is -2.36. The molecule has 11 heteroatoms. The zero-order valence-corrected chi connectivity index (χ0v) is 24.0. The fraction of sp³-hybridized carbons (Fsp3) is 0.118. The molecule has 6 aromatic rings. The van der Waals surface area contributed by atoms with E-state index in [1.54, 1.807) is 28.9 Å². The Labute approximate surface area is 257 Å². The minimum atomic E-state index is -0.811. The van der Waals surface area contributed by atoms with Crippen molar-refractivity contribution in [3.8, 4) is 22.5 Å². The van der Waals surface area contributed by atoms with Crippen LogP contribution in [0.4, 0.5) is 31.8 Å². The number of aromatic nitrogens is 4. The van der Waals surface area contributed by atoms with Crippen molar-refractivity contribution in [2.75, 3.05) is 41.8 Å². The summed E-state index contributed by atoms with van der Waals surface area (Å²) in [6, 6.07) is 25.5. The van der Waals surface area contributed by atoms with Gasteiger partial charge in [-0.3, -0.25) is 4.79 Å². The molecule has 1 aliphatic heterocycles. The molecule has 45 heavy (non-hydrogen) atoms. The topological polar surface area (TPSA) is 96.7 Å². The first-order valence-electron chi connectivity index (χ1n) is 14.4. The number of nitrogens with zero attached hydrogens (tertiary/aromatic N) is 5. The van der Waals surface area contributed by atoms with Crippen molar-refractivity contribution < 1.29 is 18.3 Å². The van der Waals surface area contributed by atoms with E-state index in [-0.39, 0.29) is 5.56 Å². The summed E-state index contributed by atoms with van der Waals surface area (Å²) in [5.74, 6) is -1.85. The number of hydrogen-bond acceptors (Lipinski definition) is 7. The van der Waals surface area contributed by atoms with E-state index < -0.39 is 17.5 Å². The molecule has 0 spiro atoms. The number of carbonyl (C=O) groups excluding carboxylic acids is 1. The van der Waals surface area contributed by atoms with Crippen LogP contribution in [-0.2, 0) is 4.74 Å². The highest BCUT2D eigenvalue weighted by molar-refractivity contribution is 6.05. The van der Waals surface area contributed by atoms with Crippen molar-refractivity contribution in [1.29, 1.82) is 0 Å². The number of fused-ring (bicyclic) bond motifs is 1. The first-order chi connectivity index (χ1) is 22.0. The number of nitrogens with one attached hydrogen (secondary N) is 2. The molecule has 0 atom stereocenters. The van der Waals surface area contributed by atoms with Gasteiger partial charge in [-0.1, -0.05) is 18.2 Å². The summed E-state index contributed by atoms with van der Waals surface area (Å²) in [5.41, 5.74) is 5.54. The van der Waals surface area contributed by atoms with E-state index in [0.29, 0.717) is 28.6 Å². The van der Waals surface area contributed by atoms with Crippen LogP contribution >= 0.6 is 0 Å². The molecule has 3 aromatic heterocycles. The highest BCUT2D eigenvalue weighted by atomic mass is 19.1. The number of benzene rings is 3. The summed E-state index contributed by atoms with van der Waals surface area (Å²) in [6.07, 6.45) is 3.53. The van der Waals surface area contributed by atoms with Gasteiger partial charge in [0.2, 0.25) is 5.95 Å². The van der Waals surface area contributed by atoms with Crippen LogP contribution in [0.3, 0.4) is 0 Å². The summed E-state index contributed by atoms with van der Waals surface area (Å²) in [6.45, 7) is 3.17. The number of morpholine rings is 1. The molecule has 0 saturated carbocycles. The summed E-state index contributed by atoms with van der Waals surface area (Å²) < 4.78 is 35.1. The van der Waals surface area contributed by atoms with Crippen LogP contribution in [0.15, 0.2) is 103 Å². The van der Waals surface area contributed by atoms with Gasteiger partial charge in [0.1, 0.15) is 17.3 Å². The number of amides is 1. The number of pyridine rings is 1. The maximum atomic E-state index is 14.2. The Hall–Kier alpha value is -5.68. The Morgan fingerprint density at radius 1 is 0.867 bits per heavy atom. The zero-order valence-electron chi connectivity index (χ0n) is 24.0. The molecule has 0 bridgehead atoms. The maximum Gasteiger partial charge on any atom is 0.258 e. The first kappa shape index (κ1) is 28.1. The third kappa shape index (κ3) is 5.93. The van der Waals surface area contributed by atoms with Gasteiger partial charge in [0, 0.05) is 48.1 Å². The molecule has 0 unspecified atom stereocenters. The molecule has 9 nitrogen and oxygen atoms in total. The van der Waals surface area contributed by atoms with E-state index in [9.17, 15) is 13.6 Å². The van der Waals surface area contributed by atoms with Gasteiger partial charge in [0.25, 0.3) is 5.91 Å². The standard InChI is InChI=1S/C34H27F2N7O2/c35-23-7-12-28(36)27(21-23)33(44)38-25-5-3-4-22(20-25)32-31(30-6-1-2-15-43(30)41-32)29-13-14-37-34(40-29)39-24-8-10-26(11-9-24)42-16-18-45-19-17-42/h1-15,20-21H,16-19H2,(H,38,44)(H,37,39,40). The van der Waals surface area contributed by atoms with Gasteiger partial charge >= 0.3 is 0 Å². The summed E-state index contributed by atoms with van der Waals surface area (Å²) in [7, 11) is 0. The lowest BCUT2D eigenvalue weighted by atomic mass is 10.0. The molecule has 1 fully saturated rings. The average Bonchev–Trinajstić information content (AvgIpc) is 3.47. The van der Waals surface area contributed by atoms with Crippen molar-refractivity contribution in [1.82, 2.24) is 19.6 Å². The normalized spacial score (nSPS) is 13.2. The number of rotatable bonds is 7. The lowest BCUT2D eigenvalue weighted by molar-refractivity contribution is 0.102. The van der Waals surface area contributed by atoms with Crippen molar-refractivity contribution in [3.63, 3.8) is 0 Å². The first-order valence-corrected chi connectivity index (χ1v) is 14.4. The van der Waals surface area contributed by atoms with Crippen molar-refractivity contribution in [2.45, 2.75) is 0 Å². The molecular weight excluding hydrogens is 576 g/mol. The third-order valence-corrected chi connectivity index (χ3v) is 7.52. The van der Waals surface area contributed by atoms with Gasteiger partial charge in [0.05, 0.1) is 35.6 Å². The van der Waals surface area contributed by atoms with Gasteiger partial charge in [0.15, 0.2) is 0 Å². The van der Waals surface area contributed by atoms with Crippen LogP contribution in [0.1, 0.15) is 10.4 Å². The van der Waals surface area contributed by atoms with Crippen molar-refractivity contribution in [3.05, 3.63) is 121 Å². The largest absolute Gasteiger partial charge is 0.378 e. The minimum absolute atomic E-state index is 0.384. The van der Waals surface area contributed by atoms with E-state index >= 15 is 0 Å². The lowest BCUT2D eigenvalue weighted by Gasteiger charge is -2.28. The molecule has 3 aromatic carbocycles. The smallest absolute Gasteiger partial charge is 0.258 e. The molecule has 1 amide bonds.